The molecule has 1 aliphatic carbocycles. The molecule has 2 unspecified atom stereocenters. The van der Waals surface area contributed by atoms with Crippen molar-refractivity contribution >= 4 is 15.9 Å². The van der Waals surface area contributed by atoms with Crippen LogP contribution in [0.1, 0.15) is 45.1 Å². The molecule has 1 aromatic rings. The molecule has 2 aliphatic rings. The summed E-state index contributed by atoms with van der Waals surface area (Å²) in [6.07, 6.45) is 2.95. The van der Waals surface area contributed by atoms with Crippen molar-refractivity contribution < 1.29 is 17.9 Å². The van der Waals surface area contributed by atoms with Crippen LogP contribution in [0.4, 0.5) is 0 Å². The lowest BCUT2D eigenvalue weighted by molar-refractivity contribution is -0.118. The quantitative estimate of drug-likeness (QED) is 0.768. The Morgan fingerprint density at radius 2 is 2.04 bits per heavy atom. The summed E-state index contributed by atoms with van der Waals surface area (Å²) in [7, 11) is -3.68. The standard InChI is InChI=1S/C18H26N2O4S/c1-18(2)16(10-13-5-3-4-6-15(13)24-18)20-25(22,23)14(11-17(19)21)9-12-7-8-12/h3-6,12,14,16,20H,7-11H2,1-2H3,(H2,19,21). The van der Waals surface area contributed by atoms with Gasteiger partial charge in [0.1, 0.15) is 11.4 Å². The SMILES string of the molecule is CC1(C)Oc2ccccc2CC1NS(=O)(=O)C(CC(N)=O)CC1CC1. The number of hydrogen-bond donors (Lipinski definition) is 2. The zero-order chi connectivity index (χ0) is 18.2. The second kappa shape index (κ2) is 6.61. The van der Waals surface area contributed by atoms with E-state index < -0.39 is 32.8 Å². The van der Waals surface area contributed by atoms with Crippen LogP contribution in [0.5, 0.6) is 5.75 Å². The van der Waals surface area contributed by atoms with Gasteiger partial charge < -0.3 is 10.5 Å². The maximum absolute atomic E-state index is 12.9. The van der Waals surface area contributed by atoms with Crippen LogP contribution in [-0.2, 0) is 21.2 Å². The summed E-state index contributed by atoms with van der Waals surface area (Å²) in [4.78, 5) is 11.3. The number of rotatable bonds is 7. The predicted molar refractivity (Wildman–Crippen MR) is 95.6 cm³/mol. The summed E-state index contributed by atoms with van der Waals surface area (Å²) in [5.41, 5.74) is 5.57. The van der Waals surface area contributed by atoms with Crippen molar-refractivity contribution in [2.24, 2.45) is 11.7 Å². The summed E-state index contributed by atoms with van der Waals surface area (Å²) in [5, 5.41) is -0.773. The molecule has 1 saturated carbocycles. The van der Waals surface area contributed by atoms with Gasteiger partial charge in [-0.1, -0.05) is 31.0 Å². The van der Waals surface area contributed by atoms with Crippen molar-refractivity contribution in [3.05, 3.63) is 29.8 Å². The summed E-state index contributed by atoms with van der Waals surface area (Å²) >= 11 is 0. The fourth-order valence-electron chi connectivity index (χ4n) is 3.34. The van der Waals surface area contributed by atoms with Crippen LogP contribution in [-0.4, -0.2) is 31.2 Å². The number of benzene rings is 1. The molecule has 1 aromatic carbocycles. The van der Waals surface area contributed by atoms with Crippen molar-refractivity contribution in [3.63, 3.8) is 0 Å². The van der Waals surface area contributed by atoms with Gasteiger partial charge in [0.25, 0.3) is 0 Å². The molecule has 138 valence electrons. The van der Waals surface area contributed by atoms with Gasteiger partial charge in [-0.15, -0.1) is 0 Å². The maximum atomic E-state index is 12.9. The van der Waals surface area contributed by atoms with Crippen molar-refractivity contribution in [3.8, 4) is 5.75 Å². The van der Waals surface area contributed by atoms with Gasteiger partial charge in [0.15, 0.2) is 0 Å². The van der Waals surface area contributed by atoms with Crippen LogP contribution in [0.25, 0.3) is 0 Å². The van der Waals surface area contributed by atoms with E-state index in [1.807, 2.05) is 38.1 Å². The van der Waals surface area contributed by atoms with Gasteiger partial charge in [-0.05, 0) is 44.2 Å². The first kappa shape index (κ1) is 18.2. The lowest BCUT2D eigenvalue weighted by atomic mass is 9.89. The number of carbonyl (C=O) groups excluding carboxylic acids is 1. The fourth-order valence-corrected chi connectivity index (χ4v) is 5.21. The Morgan fingerprint density at radius 1 is 1.36 bits per heavy atom. The number of para-hydroxylation sites is 1. The lowest BCUT2D eigenvalue weighted by Crippen LogP contribution is -2.57. The summed E-state index contributed by atoms with van der Waals surface area (Å²) in [5.74, 6) is 0.590. The average molecular weight is 366 g/mol. The number of primary amides is 1. The summed E-state index contributed by atoms with van der Waals surface area (Å²) in [6, 6.07) is 7.25. The molecule has 0 bridgehead atoms. The Kier molecular flexibility index (Phi) is 4.81. The van der Waals surface area contributed by atoms with Crippen LogP contribution in [0.2, 0.25) is 0 Å². The van der Waals surface area contributed by atoms with E-state index in [0.717, 1.165) is 24.2 Å². The van der Waals surface area contributed by atoms with Crippen LogP contribution in [0, 0.1) is 5.92 Å². The van der Waals surface area contributed by atoms with Gasteiger partial charge in [-0.2, -0.15) is 0 Å². The van der Waals surface area contributed by atoms with E-state index in [9.17, 15) is 13.2 Å². The van der Waals surface area contributed by atoms with Crippen molar-refractivity contribution in [2.45, 2.75) is 62.8 Å². The fraction of sp³-hybridized carbons (Fsp3) is 0.611. The highest BCUT2D eigenvalue weighted by Gasteiger charge is 2.42. The van der Waals surface area contributed by atoms with Crippen LogP contribution >= 0.6 is 0 Å². The third kappa shape index (κ3) is 4.33. The molecule has 6 nitrogen and oxygen atoms in total. The smallest absolute Gasteiger partial charge is 0.218 e. The Balaban J connectivity index is 1.79. The molecule has 1 aliphatic heterocycles. The molecule has 0 spiro atoms. The Bertz CT molecular complexity index is 756. The molecule has 0 aromatic heterocycles. The summed E-state index contributed by atoms with van der Waals surface area (Å²) in [6.45, 7) is 3.75. The molecule has 7 heteroatoms. The van der Waals surface area contributed by atoms with E-state index in [1.54, 1.807) is 0 Å². The minimum absolute atomic E-state index is 0.142. The van der Waals surface area contributed by atoms with Crippen LogP contribution in [0.3, 0.4) is 0 Å². The van der Waals surface area contributed by atoms with Gasteiger partial charge in [-0.25, -0.2) is 13.1 Å². The highest BCUT2D eigenvalue weighted by atomic mass is 32.2. The molecule has 25 heavy (non-hydrogen) atoms. The van der Waals surface area contributed by atoms with Gasteiger partial charge >= 0.3 is 0 Å². The van der Waals surface area contributed by atoms with E-state index in [0.29, 0.717) is 18.8 Å². The molecule has 1 heterocycles. The molecule has 0 radical (unpaired) electrons. The van der Waals surface area contributed by atoms with E-state index in [-0.39, 0.29) is 6.42 Å². The first-order valence-electron chi connectivity index (χ1n) is 8.74. The highest BCUT2D eigenvalue weighted by molar-refractivity contribution is 7.90. The number of carbonyl (C=O) groups is 1. The number of amides is 1. The third-order valence-electron chi connectivity index (χ3n) is 5.08. The molecular weight excluding hydrogens is 340 g/mol. The Hall–Kier alpha value is -1.60. The molecule has 0 saturated heterocycles. The minimum Gasteiger partial charge on any atom is -0.486 e. The number of hydrogen-bond acceptors (Lipinski definition) is 4. The third-order valence-corrected chi connectivity index (χ3v) is 6.93. The van der Waals surface area contributed by atoms with Crippen molar-refractivity contribution in [2.75, 3.05) is 0 Å². The van der Waals surface area contributed by atoms with E-state index >= 15 is 0 Å². The zero-order valence-corrected chi connectivity index (χ0v) is 15.5. The van der Waals surface area contributed by atoms with Gasteiger partial charge in [0, 0.05) is 6.42 Å². The topological polar surface area (TPSA) is 98.5 Å². The van der Waals surface area contributed by atoms with Gasteiger partial charge in [0.2, 0.25) is 15.9 Å². The zero-order valence-electron chi connectivity index (χ0n) is 14.7. The number of sulfonamides is 1. The molecule has 1 fully saturated rings. The first-order chi connectivity index (χ1) is 11.7. The summed E-state index contributed by atoms with van der Waals surface area (Å²) < 4.78 is 34.7. The maximum Gasteiger partial charge on any atom is 0.218 e. The first-order valence-corrected chi connectivity index (χ1v) is 10.3. The highest BCUT2D eigenvalue weighted by Crippen LogP contribution is 2.37. The second-order valence-electron chi connectivity index (χ2n) is 7.70. The minimum atomic E-state index is -3.68. The molecule has 2 atom stereocenters. The van der Waals surface area contributed by atoms with Crippen molar-refractivity contribution in [1.82, 2.24) is 4.72 Å². The predicted octanol–water partition coefficient (Wildman–Crippen LogP) is 1.73. The number of ether oxygens (including phenoxy) is 1. The Labute approximate surface area is 149 Å². The molecular formula is C18H26N2O4S. The van der Waals surface area contributed by atoms with Crippen molar-refractivity contribution in [1.29, 1.82) is 0 Å². The Morgan fingerprint density at radius 3 is 2.68 bits per heavy atom. The lowest BCUT2D eigenvalue weighted by Gasteiger charge is -2.40. The number of nitrogens with two attached hydrogens (primary N) is 1. The molecule has 1 amide bonds. The van der Waals surface area contributed by atoms with E-state index in [4.69, 9.17) is 10.5 Å². The monoisotopic (exact) mass is 366 g/mol. The molecule has 3 rings (SSSR count). The normalized spacial score (nSPS) is 23.4. The second-order valence-corrected chi connectivity index (χ2v) is 9.70. The number of nitrogens with one attached hydrogen (secondary N) is 1. The van der Waals surface area contributed by atoms with Crippen LogP contribution < -0.4 is 15.2 Å². The largest absolute Gasteiger partial charge is 0.486 e. The van der Waals surface area contributed by atoms with E-state index in [2.05, 4.69) is 4.72 Å². The molecule has 3 N–H and O–H groups in total. The van der Waals surface area contributed by atoms with Gasteiger partial charge in [-0.3, -0.25) is 4.79 Å². The van der Waals surface area contributed by atoms with Crippen LogP contribution in [0.15, 0.2) is 24.3 Å². The van der Waals surface area contributed by atoms with E-state index in [1.165, 1.54) is 0 Å². The van der Waals surface area contributed by atoms with Gasteiger partial charge in [0.05, 0.1) is 11.3 Å². The average Bonchev–Trinajstić information content (AvgIpc) is 3.30. The number of fused-ring (bicyclic) bond motifs is 1.